The van der Waals surface area contributed by atoms with E-state index in [4.69, 9.17) is 4.74 Å². The highest BCUT2D eigenvalue weighted by Crippen LogP contribution is 2.26. The molecule has 2 saturated heterocycles. The molecule has 1 amide bonds. The first-order valence-electron chi connectivity index (χ1n) is 9.81. The molecule has 2 aliphatic rings. The second kappa shape index (κ2) is 8.50. The maximum Gasteiger partial charge on any atom is 0.253 e. The second-order valence-electron chi connectivity index (χ2n) is 7.52. The number of piperidine rings is 1. The van der Waals surface area contributed by atoms with Crippen LogP contribution in [-0.2, 0) is 4.74 Å². The molecule has 2 aliphatic heterocycles. The van der Waals surface area contributed by atoms with E-state index in [9.17, 15) is 4.79 Å². The van der Waals surface area contributed by atoms with Gasteiger partial charge in [0.15, 0.2) is 0 Å². The van der Waals surface area contributed by atoms with Crippen LogP contribution in [0.3, 0.4) is 0 Å². The van der Waals surface area contributed by atoms with Crippen molar-refractivity contribution in [2.24, 2.45) is 5.92 Å². The molecule has 0 radical (unpaired) electrons. The Balaban J connectivity index is 1.35. The predicted molar refractivity (Wildman–Crippen MR) is 108 cm³/mol. The summed E-state index contributed by atoms with van der Waals surface area (Å²) in [4.78, 5) is 22.0. The first-order valence-corrected chi connectivity index (χ1v) is 10.7. The van der Waals surface area contributed by atoms with Crippen LogP contribution in [0.5, 0.6) is 0 Å². The van der Waals surface area contributed by atoms with E-state index < -0.39 is 0 Å². The van der Waals surface area contributed by atoms with E-state index in [2.05, 4.69) is 9.88 Å². The third-order valence-electron chi connectivity index (χ3n) is 5.50. The van der Waals surface area contributed by atoms with Gasteiger partial charge in [-0.1, -0.05) is 12.1 Å². The number of nitrogens with zero attached hydrogens (tertiary/aromatic N) is 3. The predicted octanol–water partition coefficient (Wildman–Crippen LogP) is 3.30. The summed E-state index contributed by atoms with van der Waals surface area (Å²) in [6, 6.07) is 7.90. The zero-order valence-electron chi connectivity index (χ0n) is 15.9. The van der Waals surface area contributed by atoms with Gasteiger partial charge in [0.1, 0.15) is 5.01 Å². The summed E-state index contributed by atoms with van der Waals surface area (Å²) in [7, 11) is 0. The minimum atomic E-state index is 0.148. The van der Waals surface area contributed by atoms with Crippen molar-refractivity contribution in [3.8, 4) is 10.6 Å². The van der Waals surface area contributed by atoms with Gasteiger partial charge >= 0.3 is 0 Å². The Labute approximate surface area is 165 Å². The Morgan fingerprint density at radius 3 is 2.70 bits per heavy atom. The topological polar surface area (TPSA) is 45.7 Å². The number of rotatable bonds is 4. The number of likely N-dealkylation sites (tertiary alicyclic amines) is 1. The zero-order chi connectivity index (χ0) is 18.6. The van der Waals surface area contributed by atoms with Crippen molar-refractivity contribution in [3.63, 3.8) is 0 Å². The highest BCUT2D eigenvalue weighted by molar-refractivity contribution is 7.13. The van der Waals surface area contributed by atoms with Crippen LogP contribution in [0.15, 0.2) is 29.6 Å². The lowest BCUT2D eigenvalue weighted by molar-refractivity contribution is 0.0243. The van der Waals surface area contributed by atoms with Crippen molar-refractivity contribution in [2.75, 3.05) is 45.9 Å². The molecule has 0 atom stereocenters. The molecule has 0 N–H and O–H groups in total. The normalized spacial score (nSPS) is 19.4. The Morgan fingerprint density at radius 2 is 2.00 bits per heavy atom. The Morgan fingerprint density at radius 1 is 1.22 bits per heavy atom. The fraction of sp³-hybridized carbons (Fsp3) is 0.524. The molecule has 2 aromatic rings. The van der Waals surface area contributed by atoms with Crippen molar-refractivity contribution in [1.82, 2.24) is 14.8 Å². The smallest absolute Gasteiger partial charge is 0.253 e. The lowest BCUT2D eigenvalue weighted by Gasteiger charge is -2.36. The molecule has 27 heavy (non-hydrogen) atoms. The number of hydrogen-bond acceptors (Lipinski definition) is 5. The summed E-state index contributed by atoms with van der Waals surface area (Å²) in [5.41, 5.74) is 2.82. The van der Waals surface area contributed by atoms with Crippen molar-refractivity contribution in [1.29, 1.82) is 0 Å². The highest BCUT2D eigenvalue weighted by Gasteiger charge is 2.25. The van der Waals surface area contributed by atoms with Gasteiger partial charge in [-0.2, -0.15) is 0 Å². The van der Waals surface area contributed by atoms with Crippen LogP contribution in [0.25, 0.3) is 10.6 Å². The maximum absolute atomic E-state index is 13.0. The summed E-state index contributed by atoms with van der Waals surface area (Å²) in [6.45, 7) is 8.64. The van der Waals surface area contributed by atoms with E-state index in [-0.39, 0.29) is 5.91 Å². The fourth-order valence-corrected chi connectivity index (χ4v) is 4.72. The van der Waals surface area contributed by atoms with Crippen LogP contribution in [0, 0.1) is 12.8 Å². The van der Waals surface area contributed by atoms with Gasteiger partial charge in [0.25, 0.3) is 5.91 Å². The average Bonchev–Trinajstić information content (AvgIpc) is 3.15. The van der Waals surface area contributed by atoms with Gasteiger partial charge in [-0.3, -0.25) is 9.69 Å². The Hall–Kier alpha value is -1.76. The van der Waals surface area contributed by atoms with Gasteiger partial charge < -0.3 is 9.64 Å². The molecule has 6 heteroatoms. The summed E-state index contributed by atoms with van der Waals surface area (Å²) >= 11 is 1.63. The number of thiazole rings is 1. The third-order valence-corrected chi connectivity index (χ3v) is 6.51. The van der Waals surface area contributed by atoms with Crippen LogP contribution in [0.4, 0.5) is 0 Å². The zero-order valence-corrected chi connectivity index (χ0v) is 16.7. The van der Waals surface area contributed by atoms with Crippen LogP contribution in [0.2, 0.25) is 0 Å². The van der Waals surface area contributed by atoms with E-state index in [1.54, 1.807) is 11.3 Å². The number of morpholine rings is 1. The van der Waals surface area contributed by atoms with Gasteiger partial charge in [-0.15, -0.1) is 11.3 Å². The molecule has 0 bridgehead atoms. The lowest BCUT2D eigenvalue weighted by atomic mass is 9.95. The minimum Gasteiger partial charge on any atom is -0.379 e. The number of carbonyl (C=O) groups is 1. The molecule has 0 spiro atoms. The number of benzene rings is 1. The van der Waals surface area contributed by atoms with Crippen LogP contribution in [-0.4, -0.2) is 66.6 Å². The molecule has 0 unspecified atom stereocenters. The van der Waals surface area contributed by atoms with E-state index in [1.165, 1.54) is 0 Å². The summed E-state index contributed by atoms with van der Waals surface area (Å²) in [6.07, 6.45) is 2.18. The maximum atomic E-state index is 13.0. The lowest BCUT2D eigenvalue weighted by Crippen LogP contribution is -2.44. The molecule has 1 aromatic heterocycles. The quantitative estimate of drug-likeness (QED) is 0.810. The van der Waals surface area contributed by atoms with Gasteiger partial charge in [0, 0.05) is 54.9 Å². The molecular formula is C21H27N3O2S. The summed E-state index contributed by atoms with van der Waals surface area (Å²) in [5, 5.41) is 3.02. The number of aromatic nitrogens is 1. The van der Waals surface area contributed by atoms with Crippen LogP contribution < -0.4 is 0 Å². The minimum absolute atomic E-state index is 0.148. The van der Waals surface area contributed by atoms with Crippen molar-refractivity contribution in [2.45, 2.75) is 19.8 Å². The summed E-state index contributed by atoms with van der Waals surface area (Å²) < 4.78 is 5.43. The first kappa shape index (κ1) is 18.6. The molecule has 3 heterocycles. The van der Waals surface area contributed by atoms with E-state index in [1.807, 2.05) is 41.5 Å². The van der Waals surface area contributed by atoms with E-state index >= 15 is 0 Å². The standard InChI is InChI=1S/C21H27N3O2S/c1-16-15-27-20(22-16)18-3-2-4-19(13-18)21(25)24-7-5-17(6-8-24)14-23-9-11-26-12-10-23/h2-4,13,15,17H,5-12,14H2,1H3. The van der Waals surface area contributed by atoms with Crippen molar-refractivity contribution < 1.29 is 9.53 Å². The molecule has 2 fully saturated rings. The molecular weight excluding hydrogens is 358 g/mol. The monoisotopic (exact) mass is 385 g/mol. The third kappa shape index (κ3) is 4.57. The highest BCUT2D eigenvalue weighted by atomic mass is 32.1. The number of amides is 1. The van der Waals surface area contributed by atoms with Gasteiger partial charge in [-0.05, 0) is 37.8 Å². The van der Waals surface area contributed by atoms with Crippen LogP contribution >= 0.6 is 11.3 Å². The van der Waals surface area contributed by atoms with E-state index in [0.717, 1.165) is 80.6 Å². The Kier molecular flexibility index (Phi) is 5.86. The molecule has 0 aliphatic carbocycles. The molecule has 5 nitrogen and oxygen atoms in total. The van der Waals surface area contributed by atoms with Gasteiger partial charge in [0.05, 0.1) is 13.2 Å². The molecule has 0 saturated carbocycles. The molecule has 144 valence electrons. The number of hydrogen-bond donors (Lipinski definition) is 0. The van der Waals surface area contributed by atoms with E-state index in [0.29, 0.717) is 5.92 Å². The van der Waals surface area contributed by atoms with Gasteiger partial charge in [-0.25, -0.2) is 4.98 Å². The molecule has 1 aromatic carbocycles. The number of carbonyl (C=O) groups excluding carboxylic acids is 1. The SMILES string of the molecule is Cc1csc(-c2cccc(C(=O)N3CCC(CN4CCOCC4)CC3)c2)n1. The second-order valence-corrected chi connectivity index (χ2v) is 8.38. The Bertz CT molecular complexity index is 777. The average molecular weight is 386 g/mol. The fourth-order valence-electron chi connectivity index (χ4n) is 3.92. The number of aryl methyl sites for hydroxylation is 1. The summed E-state index contributed by atoms with van der Waals surface area (Å²) in [5.74, 6) is 0.840. The van der Waals surface area contributed by atoms with Crippen LogP contribution in [0.1, 0.15) is 28.9 Å². The van der Waals surface area contributed by atoms with Crippen molar-refractivity contribution >= 4 is 17.2 Å². The van der Waals surface area contributed by atoms with Gasteiger partial charge in [0.2, 0.25) is 0 Å². The molecule has 4 rings (SSSR count). The first-order chi connectivity index (χ1) is 13.2. The largest absolute Gasteiger partial charge is 0.379 e. The van der Waals surface area contributed by atoms with Crippen molar-refractivity contribution in [3.05, 3.63) is 40.9 Å². The number of ether oxygens (including phenoxy) is 1.